The second-order valence-corrected chi connectivity index (χ2v) is 4.05. The highest BCUT2D eigenvalue weighted by Crippen LogP contribution is 2.36. The smallest absolute Gasteiger partial charge is 0.243 e. The summed E-state index contributed by atoms with van der Waals surface area (Å²) < 4.78 is 5.46. The summed E-state index contributed by atoms with van der Waals surface area (Å²) in [4.78, 5) is 11.1. The van der Waals surface area contributed by atoms with Crippen LogP contribution in [0, 0.1) is 0 Å². The molecule has 1 aromatic rings. The van der Waals surface area contributed by atoms with Gasteiger partial charge in [-0.3, -0.25) is 4.79 Å². The second kappa shape index (κ2) is 4.59. The summed E-state index contributed by atoms with van der Waals surface area (Å²) in [5.74, 6) is 0.386. The fourth-order valence-corrected chi connectivity index (χ4v) is 1.93. The van der Waals surface area contributed by atoms with E-state index in [-0.39, 0.29) is 12.5 Å². The van der Waals surface area contributed by atoms with E-state index in [1.807, 2.05) is 24.3 Å². The van der Waals surface area contributed by atoms with Gasteiger partial charge in [-0.1, -0.05) is 24.8 Å². The van der Waals surface area contributed by atoms with Crippen LogP contribution in [0.15, 0.2) is 36.9 Å². The molecule has 0 aliphatic carbocycles. The SMILES string of the molecule is C=CC(=O)NCC1(O)CCOc2ccccc21. The molecule has 1 aliphatic rings. The Hall–Kier alpha value is -1.81. The third kappa shape index (κ3) is 2.31. The maximum atomic E-state index is 11.1. The zero-order valence-electron chi connectivity index (χ0n) is 9.48. The quantitative estimate of drug-likeness (QED) is 0.764. The summed E-state index contributed by atoms with van der Waals surface area (Å²) >= 11 is 0. The van der Waals surface area contributed by atoms with Gasteiger partial charge in [0.2, 0.25) is 5.91 Å². The van der Waals surface area contributed by atoms with E-state index in [2.05, 4.69) is 11.9 Å². The lowest BCUT2D eigenvalue weighted by Crippen LogP contribution is -2.43. The number of aliphatic hydroxyl groups is 1. The zero-order chi connectivity index (χ0) is 12.3. The van der Waals surface area contributed by atoms with Crippen molar-refractivity contribution in [1.29, 1.82) is 0 Å². The van der Waals surface area contributed by atoms with E-state index in [9.17, 15) is 9.90 Å². The Morgan fingerprint density at radius 1 is 1.59 bits per heavy atom. The van der Waals surface area contributed by atoms with Gasteiger partial charge in [-0.25, -0.2) is 0 Å². The van der Waals surface area contributed by atoms with Crippen molar-refractivity contribution in [3.05, 3.63) is 42.5 Å². The number of fused-ring (bicyclic) bond motifs is 1. The van der Waals surface area contributed by atoms with Crippen molar-refractivity contribution in [3.8, 4) is 5.75 Å². The molecule has 0 aromatic heterocycles. The molecule has 1 unspecified atom stereocenters. The van der Waals surface area contributed by atoms with Gasteiger partial charge in [0, 0.05) is 12.0 Å². The molecular weight excluding hydrogens is 218 g/mol. The average Bonchev–Trinajstić information content (AvgIpc) is 2.37. The van der Waals surface area contributed by atoms with Crippen molar-refractivity contribution in [3.63, 3.8) is 0 Å². The first kappa shape index (κ1) is 11.7. The highest BCUT2D eigenvalue weighted by Gasteiger charge is 2.35. The fraction of sp³-hybridized carbons (Fsp3) is 0.308. The normalized spacial score (nSPS) is 22.2. The molecular formula is C13H15NO3. The Bertz CT molecular complexity index is 444. The number of carbonyl (C=O) groups excluding carboxylic acids is 1. The van der Waals surface area contributed by atoms with Crippen LogP contribution in [0.25, 0.3) is 0 Å². The third-order valence-corrected chi connectivity index (χ3v) is 2.90. The standard InChI is InChI=1S/C13H15NO3/c1-2-12(15)14-9-13(16)7-8-17-11-6-4-3-5-10(11)13/h2-6,16H,1,7-9H2,(H,14,15). The van der Waals surface area contributed by atoms with Gasteiger partial charge < -0.3 is 15.2 Å². The molecule has 2 rings (SSSR count). The number of hydrogen-bond donors (Lipinski definition) is 2. The van der Waals surface area contributed by atoms with Gasteiger partial charge in [0.15, 0.2) is 0 Å². The van der Waals surface area contributed by atoms with E-state index in [4.69, 9.17) is 4.74 Å². The van der Waals surface area contributed by atoms with Gasteiger partial charge in [-0.2, -0.15) is 0 Å². The summed E-state index contributed by atoms with van der Waals surface area (Å²) in [6.45, 7) is 3.98. The first-order valence-corrected chi connectivity index (χ1v) is 5.51. The van der Waals surface area contributed by atoms with Gasteiger partial charge >= 0.3 is 0 Å². The summed E-state index contributed by atoms with van der Waals surface area (Å²) in [5, 5.41) is 13.2. The number of ether oxygens (including phenoxy) is 1. The van der Waals surface area contributed by atoms with Gasteiger partial charge in [-0.15, -0.1) is 0 Å². The number of nitrogens with one attached hydrogen (secondary N) is 1. The molecule has 0 radical (unpaired) electrons. The largest absolute Gasteiger partial charge is 0.493 e. The van der Waals surface area contributed by atoms with Crippen molar-refractivity contribution in [2.75, 3.05) is 13.2 Å². The van der Waals surface area contributed by atoms with E-state index in [0.717, 1.165) is 5.56 Å². The summed E-state index contributed by atoms with van der Waals surface area (Å²) in [7, 11) is 0. The molecule has 90 valence electrons. The highest BCUT2D eigenvalue weighted by atomic mass is 16.5. The van der Waals surface area contributed by atoms with Gasteiger partial charge in [0.25, 0.3) is 0 Å². The first-order chi connectivity index (χ1) is 8.15. The first-order valence-electron chi connectivity index (χ1n) is 5.51. The molecule has 0 saturated heterocycles. The number of amides is 1. The Kier molecular flexibility index (Phi) is 3.15. The molecule has 1 aliphatic heterocycles. The second-order valence-electron chi connectivity index (χ2n) is 4.05. The predicted octanol–water partition coefficient (Wildman–Crippen LogP) is 0.959. The topological polar surface area (TPSA) is 58.6 Å². The van der Waals surface area contributed by atoms with Crippen molar-refractivity contribution in [2.45, 2.75) is 12.0 Å². The summed E-state index contributed by atoms with van der Waals surface area (Å²) in [5.41, 5.74) is -0.344. The number of para-hydroxylation sites is 1. The zero-order valence-corrected chi connectivity index (χ0v) is 9.48. The van der Waals surface area contributed by atoms with Gasteiger partial charge in [-0.05, 0) is 12.1 Å². The minimum Gasteiger partial charge on any atom is -0.493 e. The Labute approximate surface area is 99.9 Å². The predicted molar refractivity (Wildman–Crippen MR) is 63.7 cm³/mol. The Morgan fingerprint density at radius 3 is 3.12 bits per heavy atom. The molecule has 1 amide bonds. The molecule has 0 bridgehead atoms. The monoisotopic (exact) mass is 233 g/mol. The van der Waals surface area contributed by atoms with E-state index >= 15 is 0 Å². The van der Waals surface area contributed by atoms with Gasteiger partial charge in [0.05, 0.1) is 13.2 Å². The molecule has 4 heteroatoms. The third-order valence-electron chi connectivity index (χ3n) is 2.90. The average molecular weight is 233 g/mol. The van der Waals surface area contributed by atoms with E-state index in [1.165, 1.54) is 6.08 Å². The van der Waals surface area contributed by atoms with Crippen LogP contribution in [0.2, 0.25) is 0 Å². The lowest BCUT2D eigenvalue weighted by molar-refractivity contribution is -0.118. The van der Waals surface area contributed by atoms with Crippen LogP contribution < -0.4 is 10.1 Å². The number of carbonyl (C=O) groups is 1. The molecule has 0 fully saturated rings. The van der Waals surface area contributed by atoms with E-state index in [1.54, 1.807) is 0 Å². The van der Waals surface area contributed by atoms with E-state index in [0.29, 0.717) is 18.8 Å². The number of rotatable bonds is 3. The lowest BCUT2D eigenvalue weighted by atomic mass is 9.88. The Balaban J connectivity index is 2.20. The maximum absolute atomic E-state index is 11.1. The van der Waals surface area contributed by atoms with Crippen LogP contribution in [-0.4, -0.2) is 24.2 Å². The molecule has 1 aromatic carbocycles. The number of benzene rings is 1. The van der Waals surface area contributed by atoms with Gasteiger partial charge in [0.1, 0.15) is 11.4 Å². The molecule has 2 N–H and O–H groups in total. The molecule has 0 spiro atoms. The summed E-state index contributed by atoms with van der Waals surface area (Å²) in [6.07, 6.45) is 1.65. The molecule has 1 atom stereocenters. The van der Waals surface area contributed by atoms with Crippen LogP contribution in [0.1, 0.15) is 12.0 Å². The lowest BCUT2D eigenvalue weighted by Gasteiger charge is -2.34. The maximum Gasteiger partial charge on any atom is 0.243 e. The van der Waals surface area contributed by atoms with Crippen molar-refractivity contribution in [2.24, 2.45) is 0 Å². The van der Waals surface area contributed by atoms with Crippen molar-refractivity contribution >= 4 is 5.91 Å². The fourth-order valence-electron chi connectivity index (χ4n) is 1.93. The number of hydrogen-bond acceptors (Lipinski definition) is 3. The van der Waals surface area contributed by atoms with E-state index < -0.39 is 5.60 Å². The summed E-state index contributed by atoms with van der Waals surface area (Å²) in [6, 6.07) is 7.32. The molecule has 1 heterocycles. The van der Waals surface area contributed by atoms with Crippen LogP contribution in [0.5, 0.6) is 5.75 Å². The Morgan fingerprint density at radius 2 is 2.35 bits per heavy atom. The van der Waals surface area contributed by atoms with Crippen LogP contribution in [-0.2, 0) is 10.4 Å². The molecule has 4 nitrogen and oxygen atoms in total. The minimum absolute atomic E-state index is 0.165. The van der Waals surface area contributed by atoms with Crippen LogP contribution >= 0.6 is 0 Å². The van der Waals surface area contributed by atoms with Crippen LogP contribution in [0.4, 0.5) is 0 Å². The minimum atomic E-state index is -1.06. The van der Waals surface area contributed by atoms with Crippen molar-refractivity contribution < 1.29 is 14.6 Å². The highest BCUT2D eigenvalue weighted by molar-refractivity contribution is 5.86. The molecule has 0 saturated carbocycles. The van der Waals surface area contributed by atoms with Crippen LogP contribution in [0.3, 0.4) is 0 Å². The molecule has 17 heavy (non-hydrogen) atoms. The van der Waals surface area contributed by atoms with Crippen molar-refractivity contribution in [1.82, 2.24) is 5.32 Å².